The average molecular weight is 562 g/mol. The number of pyridine rings is 2. The Labute approximate surface area is 231 Å². The van der Waals surface area contributed by atoms with Crippen LogP contribution in [0, 0.1) is 0 Å². The van der Waals surface area contributed by atoms with Gasteiger partial charge in [-0.3, -0.25) is 19.2 Å². The SMILES string of the molecule is CC[C@@]1(O)C(=O)OCc2c1cc1n(c2=O)Cc2cc3cc(OC(=O)CCC(=O)ON4C(=O)CCC4=O)ccc3nc2-1. The van der Waals surface area contributed by atoms with Crippen LogP contribution >= 0.6 is 0 Å². The van der Waals surface area contributed by atoms with Crippen molar-refractivity contribution in [3.05, 3.63) is 57.4 Å². The molecule has 1 saturated heterocycles. The maximum absolute atomic E-state index is 13.3. The van der Waals surface area contributed by atoms with Crippen molar-refractivity contribution in [1.82, 2.24) is 14.6 Å². The Kier molecular flexibility index (Phi) is 6.18. The number of fused-ring (bicyclic) bond motifs is 5. The van der Waals surface area contributed by atoms with Crippen LogP contribution in [0.15, 0.2) is 35.1 Å². The second-order valence-electron chi connectivity index (χ2n) is 9.97. The van der Waals surface area contributed by atoms with Gasteiger partial charge in [-0.05, 0) is 36.8 Å². The van der Waals surface area contributed by atoms with Crippen LogP contribution < -0.4 is 10.3 Å². The number of carbonyl (C=O) groups is 5. The Hall–Kier alpha value is -4.91. The molecule has 2 amide bonds. The molecule has 0 saturated carbocycles. The van der Waals surface area contributed by atoms with Crippen molar-refractivity contribution in [2.24, 2.45) is 0 Å². The van der Waals surface area contributed by atoms with Gasteiger partial charge in [0.1, 0.15) is 12.4 Å². The van der Waals surface area contributed by atoms with Gasteiger partial charge in [0.25, 0.3) is 17.4 Å². The van der Waals surface area contributed by atoms with Crippen molar-refractivity contribution in [2.45, 2.75) is 57.8 Å². The molecule has 2 aromatic heterocycles. The minimum absolute atomic E-state index is 0.0305. The normalized spacial score (nSPS) is 19.1. The van der Waals surface area contributed by atoms with E-state index < -0.39 is 35.3 Å². The Morgan fingerprint density at radius 3 is 2.51 bits per heavy atom. The molecule has 0 unspecified atom stereocenters. The molecule has 3 aliphatic heterocycles. The van der Waals surface area contributed by atoms with Crippen LogP contribution in [0.2, 0.25) is 0 Å². The lowest BCUT2D eigenvalue weighted by atomic mass is 9.86. The number of cyclic esters (lactones) is 1. The number of esters is 2. The molecule has 1 N–H and O–H groups in total. The van der Waals surface area contributed by atoms with E-state index >= 15 is 0 Å². The van der Waals surface area contributed by atoms with E-state index in [2.05, 4.69) is 0 Å². The van der Waals surface area contributed by atoms with Crippen LogP contribution in [0.5, 0.6) is 5.75 Å². The minimum Gasteiger partial charge on any atom is -0.458 e. The monoisotopic (exact) mass is 561 g/mol. The van der Waals surface area contributed by atoms with Gasteiger partial charge >= 0.3 is 17.9 Å². The zero-order valence-electron chi connectivity index (χ0n) is 21.8. The highest BCUT2D eigenvalue weighted by Gasteiger charge is 2.45. The number of hydroxylamine groups is 2. The molecule has 1 fully saturated rings. The van der Waals surface area contributed by atoms with Gasteiger partial charge in [-0.1, -0.05) is 6.92 Å². The zero-order chi connectivity index (χ0) is 29.1. The maximum atomic E-state index is 13.3. The summed E-state index contributed by atoms with van der Waals surface area (Å²) in [7, 11) is 0. The van der Waals surface area contributed by atoms with Crippen LogP contribution in [0.3, 0.4) is 0 Å². The quantitative estimate of drug-likeness (QED) is 0.205. The number of imide groups is 1. The summed E-state index contributed by atoms with van der Waals surface area (Å²) in [5, 5.41) is 12.0. The van der Waals surface area contributed by atoms with Gasteiger partial charge in [0.15, 0.2) is 5.60 Å². The predicted octanol–water partition coefficient (Wildman–Crippen LogP) is 1.37. The highest BCUT2D eigenvalue weighted by atomic mass is 16.7. The van der Waals surface area contributed by atoms with Crippen molar-refractivity contribution in [3.8, 4) is 17.1 Å². The molecule has 1 aromatic carbocycles. The average Bonchev–Trinajstić information content (AvgIpc) is 3.47. The van der Waals surface area contributed by atoms with Crippen molar-refractivity contribution in [3.63, 3.8) is 0 Å². The molecule has 5 heterocycles. The number of ether oxygens (including phenoxy) is 2. The Morgan fingerprint density at radius 2 is 1.78 bits per heavy atom. The summed E-state index contributed by atoms with van der Waals surface area (Å²) >= 11 is 0. The molecule has 210 valence electrons. The van der Waals surface area contributed by atoms with Gasteiger partial charge in [-0.2, -0.15) is 0 Å². The second kappa shape index (κ2) is 9.63. The minimum atomic E-state index is -1.92. The number of benzene rings is 1. The number of aromatic nitrogens is 2. The van der Waals surface area contributed by atoms with Gasteiger partial charge in [-0.15, -0.1) is 5.06 Å². The molecule has 0 radical (unpaired) electrons. The lowest BCUT2D eigenvalue weighted by molar-refractivity contribution is -0.197. The van der Waals surface area contributed by atoms with Gasteiger partial charge in [0.05, 0.1) is 41.9 Å². The summed E-state index contributed by atoms with van der Waals surface area (Å²) in [5.74, 6) is -3.44. The maximum Gasteiger partial charge on any atom is 0.343 e. The van der Waals surface area contributed by atoms with Crippen LogP contribution in [-0.2, 0) is 52.3 Å². The standard InChI is InChI=1S/C28H23N3O10/c1-2-28(38)18-11-20-25-15(12-30(20)26(36)17(18)13-39-27(28)37)9-14-10-16(3-4-19(14)29-25)40-23(34)7-8-24(35)41-31-21(32)5-6-22(31)33/h3-4,9-11,38H,2,5-8,12-13H2,1H3/t28-/m0/s1. The summed E-state index contributed by atoms with van der Waals surface area (Å²) in [6, 6.07) is 8.20. The molecule has 3 aromatic rings. The highest BCUT2D eigenvalue weighted by molar-refractivity contribution is 6.01. The topological polar surface area (TPSA) is 171 Å². The Bertz CT molecular complexity index is 1740. The first-order valence-electron chi connectivity index (χ1n) is 13.0. The molecular weight excluding hydrogens is 538 g/mol. The van der Waals surface area contributed by atoms with Gasteiger partial charge < -0.3 is 24.0 Å². The number of hydrogen-bond acceptors (Lipinski definition) is 11. The third-order valence-corrected chi connectivity index (χ3v) is 7.44. The lowest BCUT2D eigenvalue weighted by Gasteiger charge is -2.31. The molecule has 0 spiro atoms. The van der Waals surface area contributed by atoms with Crippen LogP contribution in [0.4, 0.5) is 0 Å². The van der Waals surface area contributed by atoms with Crippen LogP contribution in [0.25, 0.3) is 22.3 Å². The molecule has 41 heavy (non-hydrogen) atoms. The summed E-state index contributed by atoms with van der Waals surface area (Å²) in [6.07, 6.45) is -0.747. The van der Waals surface area contributed by atoms with Crippen LogP contribution in [0.1, 0.15) is 55.7 Å². The fourth-order valence-electron chi connectivity index (χ4n) is 5.22. The predicted molar refractivity (Wildman–Crippen MR) is 137 cm³/mol. The van der Waals surface area contributed by atoms with E-state index in [1.165, 1.54) is 10.6 Å². The van der Waals surface area contributed by atoms with E-state index in [4.69, 9.17) is 19.3 Å². The van der Waals surface area contributed by atoms with Crippen LogP contribution in [-0.4, -0.2) is 49.4 Å². The fourth-order valence-corrected chi connectivity index (χ4v) is 5.22. The molecule has 1 atom stereocenters. The molecule has 3 aliphatic rings. The Balaban J connectivity index is 1.20. The first-order valence-corrected chi connectivity index (χ1v) is 13.0. The molecule has 13 nitrogen and oxygen atoms in total. The smallest absolute Gasteiger partial charge is 0.343 e. The molecular formula is C28H23N3O10. The van der Waals surface area contributed by atoms with Crippen molar-refractivity contribution in [2.75, 3.05) is 0 Å². The van der Waals surface area contributed by atoms with Gasteiger partial charge in [0.2, 0.25) is 0 Å². The van der Waals surface area contributed by atoms with Crippen molar-refractivity contribution >= 4 is 40.6 Å². The number of rotatable bonds is 6. The first-order chi connectivity index (χ1) is 19.6. The largest absolute Gasteiger partial charge is 0.458 e. The highest BCUT2D eigenvalue weighted by Crippen LogP contribution is 2.38. The summed E-state index contributed by atoms with van der Waals surface area (Å²) in [6.45, 7) is 1.63. The van der Waals surface area contributed by atoms with E-state index in [-0.39, 0.29) is 67.7 Å². The van der Waals surface area contributed by atoms with Crippen molar-refractivity contribution < 1.29 is 43.4 Å². The number of aliphatic hydroxyl groups is 1. The second-order valence-corrected chi connectivity index (χ2v) is 9.97. The van der Waals surface area contributed by atoms with E-state index in [0.29, 0.717) is 27.4 Å². The molecule has 13 heteroatoms. The van der Waals surface area contributed by atoms with Gasteiger partial charge in [0, 0.05) is 29.4 Å². The lowest BCUT2D eigenvalue weighted by Crippen LogP contribution is -2.44. The number of nitrogens with zero attached hydrogens (tertiary/aromatic N) is 3. The third kappa shape index (κ3) is 4.34. The van der Waals surface area contributed by atoms with E-state index in [0.717, 1.165) is 5.56 Å². The first kappa shape index (κ1) is 26.3. The summed E-state index contributed by atoms with van der Waals surface area (Å²) in [4.78, 5) is 82.5. The number of hydrogen-bond donors (Lipinski definition) is 1. The molecule has 6 rings (SSSR count). The van der Waals surface area contributed by atoms with Crippen molar-refractivity contribution in [1.29, 1.82) is 0 Å². The summed E-state index contributed by atoms with van der Waals surface area (Å²) in [5.41, 5.74) is 0.460. The van der Waals surface area contributed by atoms with E-state index in [1.807, 2.05) is 6.07 Å². The van der Waals surface area contributed by atoms with E-state index in [1.54, 1.807) is 25.1 Å². The molecule has 0 aliphatic carbocycles. The molecule has 0 bridgehead atoms. The summed E-state index contributed by atoms with van der Waals surface area (Å²) < 4.78 is 12.0. The zero-order valence-corrected chi connectivity index (χ0v) is 21.8. The fraction of sp³-hybridized carbons (Fsp3) is 0.321. The Morgan fingerprint density at radius 1 is 1.05 bits per heavy atom. The van der Waals surface area contributed by atoms with E-state index in [9.17, 15) is 33.9 Å². The number of amides is 2. The third-order valence-electron chi connectivity index (χ3n) is 7.44. The van der Waals surface area contributed by atoms with Gasteiger partial charge in [-0.25, -0.2) is 14.6 Å². The number of carbonyl (C=O) groups excluding carboxylic acids is 5.